The van der Waals surface area contributed by atoms with Crippen molar-refractivity contribution in [2.24, 2.45) is 0 Å². The van der Waals surface area contributed by atoms with E-state index in [0.29, 0.717) is 32.6 Å². The Balaban J connectivity index is 1.74. The van der Waals surface area contributed by atoms with Gasteiger partial charge in [0.15, 0.2) is 0 Å². The van der Waals surface area contributed by atoms with E-state index in [4.69, 9.17) is 0 Å². The van der Waals surface area contributed by atoms with E-state index in [9.17, 15) is 13.2 Å². The quantitative estimate of drug-likeness (QED) is 0.767. The van der Waals surface area contributed by atoms with Crippen molar-refractivity contribution < 1.29 is 13.2 Å². The second-order valence-electron chi connectivity index (χ2n) is 6.26. The second-order valence-corrected chi connectivity index (χ2v) is 8.59. The molecule has 1 unspecified atom stereocenters. The minimum atomic E-state index is -3.29. The highest BCUT2D eigenvalue weighted by Crippen LogP contribution is 2.48. The minimum absolute atomic E-state index is 0.00977. The number of carbonyl (C=O) groups excluding carboxylic acids is 1. The fraction of sp³-hybridized carbons (Fsp3) is 0.786. The van der Waals surface area contributed by atoms with Crippen molar-refractivity contribution in [3.8, 4) is 0 Å². The van der Waals surface area contributed by atoms with Crippen molar-refractivity contribution in [3.63, 3.8) is 0 Å². The summed E-state index contributed by atoms with van der Waals surface area (Å²) >= 11 is 0. The molecule has 1 N–H and O–H groups in total. The van der Waals surface area contributed by atoms with Gasteiger partial charge in [-0.25, -0.2) is 13.2 Å². The monoisotopic (exact) mass is 313 g/mol. The summed E-state index contributed by atoms with van der Waals surface area (Å²) in [6.07, 6.45) is 5.39. The van der Waals surface area contributed by atoms with E-state index in [0.717, 1.165) is 25.7 Å². The first-order valence-corrected chi connectivity index (χ1v) is 9.09. The van der Waals surface area contributed by atoms with E-state index in [-0.39, 0.29) is 12.1 Å². The van der Waals surface area contributed by atoms with Gasteiger partial charge in [-0.3, -0.25) is 0 Å². The van der Waals surface area contributed by atoms with Gasteiger partial charge in [0.05, 0.1) is 4.75 Å². The lowest BCUT2D eigenvalue weighted by atomic mass is 10.1. The van der Waals surface area contributed by atoms with E-state index in [1.54, 1.807) is 15.3 Å². The number of hydrogen-bond donors (Lipinski definition) is 1. The van der Waals surface area contributed by atoms with Crippen LogP contribution >= 0.6 is 0 Å². The lowest BCUT2D eigenvalue weighted by molar-refractivity contribution is 0.163. The molecular weight excluding hydrogens is 290 g/mol. The lowest BCUT2D eigenvalue weighted by Crippen LogP contribution is -2.52. The van der Waals surface area contributed by atoms with E-state index in [2.05, 4.69) is 11.9 Å². The van der Waals surface area contributed by atoms with E-state index < -0.39 is 14.8 Å². The highest BCUT2D eigenvalue weighted by atomic mass is 32.2. The predicted octanol–water partition coefficient (Wildman–Crippen LogP) is 0.914. The Morgan fingerprint density at radius 1 is 1.38 bits per heavy atom. The summed E-state index contributed by atoms with van der Waals surface area (Å²) in [5.41, 5.74) is 0. The Bertz CT molecular complexity index is 542. The Morgan fingerprint density at radius 2 is 2.14 bits per heavy atom. The third kappa shape index (κ3) is 2.46. The van der Waals surface area contributed by atoms with Crippen LogP contribution in [0.5, 0.6) is 0 Å². The summed E-state index contributed by atoms with van der Waals surface area (Å²) < 4.78 is 26.7. The summed E-state index contributed by atoms with van der Waals surface area (Å²) in [6.45, 7) is 6.04. The molecule has 2 saturated heterocycles. The zero-order valence-corrected chi connectivity index (χ0v) is 13.1. The molecule has 118 valence electrons. The van der Waals surface area contributed by atoms with Crippen LogP contribution in [0.2, 0.25) is 0 Å². The smallest absolute Gasteiger partial charge is 0.317 e. The number of rotatable bonds is 5. The summed E-state index contributed by atoms with van der Waals surface area (Å²) in [6, 6.07) is -0.0537. The highest BCUT2D eigenvalue weighted by molar-refractivity contribution is 7.90. The Kier molecular flexibility index (Phi) is 3.73. The van der Waals surface area contributed by atoms with Crippen LogP contribution in [0.3, 0.4) is 0 Å². The Hall–Kier alpha value is -1.08. The summed E-state index contributed by atoms with van der Waals surface area (Å²) in [5.74, 6) is 0. The van der Waals surface area contributed by atoms with Gasteiger partial charge >= 0.3 is 6.03 Å². The van der Waals surface area contributed by atoms with Crippen molar-refractivity contribution in [2.75, 3.05) is 26.2 Å². The second kappa shape index (κ2) is 5.28. The molecule has 2 heterocycles. The van der Waals surface area contributed by atoms with Gasteiger partial charge in [0, 0.05) is 32.2 Å². The summed E-state index contributed by atoms with van der Waals surface area (Å²) in [7, 11) is -3.29. The molecule has 1 atom stereocenters. The molecule has 3 aliphatic rings. The molecule has 1 saturated carbocycles. The normalized spacial score (nSPS) is 29.2. The molecule has 0 aromatic heterocycles. The first kappa shape index (κ1) is 14.8. The molecule has 7 heteroatoms. The van der Waals surface area contributed by atoms with Crippen LogP contribution in [0, 0.1) is 0 Å². The maximum Gasteiger partial charge on any atom is 0.317 e. The first-order valence-electron chi connectivity index (χ1n) is 7.65. The third-order valence-electron chi connectivity index (χ3n) is 4.90. The number of nitrogens with one attached hydrogen (secondary N) is 1. The van der Waals surface area contributed by atoms with E-state index >= 15 is 0 Å². The van der Waals surface area contributed by atoms with Crippen molar-refractivity contribution in [1.82, 2.24) is 14.5 Å². The maximum absolute atomic E-state index is 12.9. The van der Waals surface area contributed by atoms with Gasteiger partial charge in [-0.2, -0.15) is 4.31 Å². The van der Waals surface area contributed by atoms with Gasteiger partial charge in [0.2, 0.25) is 10.0 Å². The van der Waals surface area contributed by atoms with Gasteiger partial charge in [-0.1, -0.05) is 6.08 Å². The van der Waals surface area contributed by atoms with Crippen LogP contribution in [-0.4, -0.2) is 60.6 Å². The van der Waals surface area contributed by atoms with E-state index in [1.165, 1.54) is 0 Å². The van der Waals surface area contributed by atoms with Gasteiger partial charge in [-0.05, 0) is 32.1 Å². The van der Waals surface area contributed by atoms with Crippen molar-refractivity contribution in [2.45, 2.75) is 42.9 Å². The average Bonchev–Trinajstić information content (AvgIpc) is 3.14. The van der Waals surface area contributed by atoms with Gasteiger partial charge in [-0.15, -0.1) is 6.58 Å². The van der Waals surface area contributed by atoms with Crippen molar-refractivity contribution in [1.29, 1.82) is 0 Å². The summed E-state index contributed by atoms with van der Waals surface area (Å²) in [5, 5.41) is 2.79. The zero-order chi connectivity index (χ0) is 15.1. The third-order valence-corrected chi connectivity index (χ3v) is 7.58. The van der Waals surface area contributed by atoms with Crippen LogP contribution in [0.15, 0.2) is 12.7 Å². The number of piperidine rings is 1. The van der Waals surface area contributed by atoms with Crippen LogP contribution in [0.4, 0.5) is 4.79 Å². The molecule has 2 amide bonds. The zero-order valence-electron chi connectivity index (χ0n) is 12.3. The molecule has 3 rings (SSSR count). The van der Waals surface area contributed by atoms with Gasteiger partial charge in [0.1, 0.15) is 0 Å². The fourth-order valence-electron chi connectivity index (χ4n) is 3.47. The number of hydrogen-bond acceptors (Lipinski definition) is 3. The topological polar surface area (TPSA) is 69.7 Å². The molecular formula is C14H23N3O3S. The Labute approximate surface area is 126 Å². The minimum Gasteiger partial charge on any atom is -0.336 e. The average molecular weight is 313 g/mol. The molecule has 0 radical (unpaired) electrons. The fourth-order valence-corrected chi connectivity index (χ4v) is 5.70. The molecule has 0 aromatic rings. The molecule has 3 fully saturated rings. The Morgan fingerprint density at radius 3 is 2.71 bits per heavy atom. The lowest BCUT2D eigenvalue weighted by Gasteiger charge is -2.37. The van der Waals surface area contributed by atoms with E-state index in [1.807, 2.05) is 0 Å². The number of nitrogens with zero attached hydrogens (tertiary/aromatic N) is 2. The van der Waals surface area contributed by atoms with Crippen molar-refractivity contribution >= 4 is 16.1 Å². The molecule has 2 aliphatic heterocycles. The summed E-state index contributed by atoms with van der Waals surface area (Å²) in [4.78, 5) is 13.6. The number of sulfonamides is 1. The molecule has 0 spiro atoms. The number of allylic oxidation sites excluding steroid dienone is 1. The van der Waals surface area contributed by atoms with Crippen LogP contribution in [-0.2, 0) is 10.0 Å². The van der Waals surface area contributed by atoms with Gasteiger partial charge < -0.3 is 10.2 Å². The number of carbonyl (C=O) groups is 1. The predicted molar refractivity (Wildman–Crippen MR) is 80.4 cm³/mol. The SMILES string of the molecule is C=CCC1(S(=O)(=O)N2CCCC(N3CCNC3=O)C2)CC1. The van der Waals surface area contributed by atoms with Crippen molar-refractivity contribution in [3.05, 3.63) is 12.7 Å². The standard InChI is InChI=1S/C14H23N3O3S/c1-2-5-14(6-7-14)21(19,20)16-9-3-4-12(11-16)17-10-8-15-13(17)18/h2,12H,1,3-11H2,(H,15,18). The number of amides is 2. The molecule has 0 bridgehead atoms. The molecule has 21 heavy (non-hydrogen) atoms. The maximum atomic E-state index is 12.9. The molecule has 0 aromatic carbocycles. The van der Waals surface area contributed by atoms with Crippen LogP contribution in [0.25, 0.3) is 0 Å². The van der Waals surface area contributed by atoms with Gasteiger partial charge in [0.25, 0.3) is 0 Å². The molecule has 6 nitrogen and oxygen atoms in total. The van der Waals surface area contributed by atoms with Crippen LogP contribution < -0.4 is 5.32 Å². The number of urea groups is 1. The molecule has 1 aliphatic carbocycles. The largest absolute Gasteiger partial charge is 0.336 e. The highest BCUT2D eigenvalue weighted by Gasteiger charge is 2.56. The van der Waals surface area contributed by atoms with Crippen LogP contribution in [0.1, 0.15) is 32.1 Å². The first-order chi connectivity index (χ1) is 10.00.